The third kappa shape index (κ3) is 6.03. The van der Waals surface area contributed by atoms with Crippen LogP contribution in [0.3, 0.4) is 0 Å². The minimum Gasteiger partial charge on any atom is -0.493 e. The molecule has 4 rings (SSSR count). The molecule has 7 heteroatoms. The molecule has 35 heavy (non-hydrogen) atoms. The topological polar surface area (TPSA) is 87.1 Å². The number of ether oxygens (including phenoxy) is 2. The van der Waals surface area contributed by atoms with E-state index >= 15 is 0 Å². The predicted octanol–water partition coefficient (Wildman–Crippen LogP) is 5.67. The van der Waals surface area contributed by atoms with Crippen LogP contribution in [0.1, 0.15) is 16.7 Å². The van der Waals surface area contributed by atoms with E-state index in [9.17, 15) is 10.1 Å². The lowest BCUT2D eigenvalue weighted by molar-refractivity contribution is -0.117. The first-order valence-corrected chi connectivity index (χ1v) is 11.5. The van der Waals surface area contributed by atoms with Crippen LogP contribution in [-0.4, -0.2) is 24.5 Å². The molecule has 1 heterocycles. The third-order valence-corrected chi connectivity index (χ3v) is 5.78. The Morgan fingerprint density at radius 1 is 1.11 bits per heavy atom. The number of H-pyrrole nitrogens is 1. The van der Waals surface area contributed by atoms with Crippen molar-refractivity contribution in [3.05, 3.63) is 100 Å². The maximum Gasteiger partial charge on any atom is 0.261 e. The monoisotopic (exact) mass is 485 g/mol. The second-order valence-electron chi connectivity index (χ2n) is 7.86. The van der Waals surface area contributed by atoms with Crippen molar-refractivity contribution < 1.29 is 14.3 Å². The van der Waals surface area contributed by atoms with Gasteiger partial charge in [0.1, 0.15) is 18.2 Å². The number of methoxy groups -OCH3 is 1. The largest absolute Gasteiger partial charge is 0.493 e. The van der Waals surface area contributed by atoms with Gasteiger partial charge in [-0.1, -0.05) is 48.0 Å². The number of para-hydroxylation sites is 1. The highest BCUT2D eigenvalue weighted by atomic mass is 35.5. The van der Waals surface area contributed by atoms with Crippen LogP contribution in [0, 0.1) is 11.3 Å². The second kappa shape index (κ2) is 11.3. The van der Waals surface area contributed by atoms with Crippen molar-refractivity contribution in [3.8, 4) is 17.6 Å². The summed E-state index contributed by atoms with van der Waals surface area (Å²) in [5.41, 5.74) is 3.81. The number of benzene rings is 3. The van der Waals surface area contributed by atoms with Crippen molar-refractivity contribution in [2.75, 3.05) is 13.7 Å². The summed E-state index contributed by atoms with van der Waals surface area (Å²) in [5, 5.41) is 14.2. The number of carbonyl (C=O) groups is 1. The highest BCUT2D eigenvalue weighted by molar-refractivity contribution is 6.30. The summed E-state index contributed by atoms with van der Waals surface area (Å²) < 4.78 is 11.3. The fourth-order valence-corrected chi connectivity index (χ4v) is 3.82. The zero-order valence-corrected chi connectivity index (χ0v) is 19.9. The summed E-state index contributed by atoms with van der Waals surface area (Å²) in [6, 6.07) is 22.6. The van der Waals surface area contributed by atoms with Gasteiger partial charge in [-0.15, -0.1) is 0 Å². The summed E-state index contributed by atoms with van der Waals surface area (Å²) in [6.07, 6.45) is 4.13. The Morgan fingerprint density at radius 3 is 2.69 bits per heavy atom. The van der Waals surface area contributed by atoms with Gasteiger partial charge in [0.05, 0.1) is 7.11 Å². The van der Waals surface area contributed by atoms with E-state index in [1.54, 1.807) is 37.4 Å². The Balaban J connectivity index is 1.39. The summed E-state index contributed by atoms with van der Waals surface area (Å²) in [4.78, 5) is 15.8. The van der Waals surface area contributed by atoms with E-state index in [-0.39, 0.29) is 5.57 Å². The minimum atomic E-state index is -0.422. The van der Waals surface area contributed by atoms with E-state index < -0.39 is 5.91 Å². The Bertz CT molecular complexity index is 1400. The van der Waals surface area contributed by atoms with Crippen LogP contribution < -0.4 is 14.8 Å². The van der Waals surface area contributed by atoms with Gasteiger partial charge in [0.15, 0.2) is 11.5 Å². The highest BCUT2D eigenvalue weighted by Crippen LogP contribution is 2.30. The standard InChI is InChI=1S/C28H24ClN3O3/c1-34-27-15-20(8-11-26(27)35-18-19-6-9-23(29)10-7-19)14-22(16-30)28(33)31-13-12-21-17-32-25-5-3-2-4-24(21)25/h2-11,14-15,17,32H,12-13,18H2,1H3,(H,31,33). The fourth-order valence-electron chi connectivity index (χ4n) is 3.69. The highest BCUT2D eigenvalue weighted by Gasteiger charge is 2.11. The van der Waals surface area contributed by atoms with E-state index in [2.05, 4.69) is 10.3 Å². The molecule has 1 amide bonds. The van der Waals surface area contributed by atoms with Crippen LogP contribution in [0.4, 0.5) is 0 Å². The minimum absolute atomic E-state index is 0.0146. The van der Waals surface area contributed by atoms with E-state index in [4.69, 9.17) is 21.1 Å². The van der Waals surface area contributed by atoms with E-state index in [0.717, 1.165) is 22.0 Å². The molecule has 4 aromatic rings. The molecule has 0 radical (unpaired) electrons. The van der Waals surface area contributed by atoms with Crippen LogP contribution in [0.2, 0.25) is 5.02 Å². The van der Waals surface area contributed by atoms with Gasteiger partial charge in [-0.3, -0.25) is 4.79 Å². The molecular formula is C28H24ClN3O3. The van der Waals surface area contributed by atoms with E-state index in [1.807, 2.05) is 48.7 Å². The summed E-state index contributed by atoms with van der Waals surface area (Å²) in [6.45, 7) is 0.769. The number of halogens is 1. The molecule has 0 atom stereocenters. The van der Waals surface area contributed by atoms with Crippen molar-refractivity contribution in [2.45, 2.75) is 13.0 Å². The first kappa shape index (κ1) is 23.9. The van der Waals surface area contributed by atoms with Gasteiger partial charge in [-0.2, -0.15) is 5.26 Å². The molecule has 2 N–H and O–H groups in total. The van der Waals surface area contributed by atoms with Gasteiger partial charge in [0, 0.05) is 28.7 Å². The van der Waals surface area contributed by atoms with Gasteiger partial charge >= 0.3 is 0 Å². The molecule has 0 aliphatic heterocycles. The van der Waals surface area contributed by atoms with Crippen LogP contribution in [0.25, 0.3) is 17.0 Å². The lowest BCUT2D eigenvalue weighted by Crippen LogP contribution is -2.26. The number of hydrogen-bond donors (Lipinski definition) is 2. The van der Waals surface area contributed by atoms with Crippen molar-refractivity contribution in [2.24, 2.45) is 0 Å². The third-order valence-electron chi connectivity index (χ3n) is 5.53. The van der Waals surface area contributed by atoms with Gasteiger partial charge in [-0.25, -0.2) is 0 Å². The van der Waals surface area contributed by atoms with Crippen molar-refractivity contribution in [3.63, 3.8) is 0 Å². The molecule has 1 aromatic heterocycles. The predicted molar refractivity (Wildman–Crippen MR) is 137 cm³/mol. The molecule has 0 saturated heterocycles. The molecule has 0 aliphatic carbocycles. The van der Waals surface area contributed by atoms with Crippen molar-refractivity contribution in [1.82, 2.24) is 10.3 Å². The number of hydrogen-bond acceptors (Lipinski definition) is 4. The molecule has 0 bridgehead atoms. The zero-order valence-electron chi connectivity index (χ0n) is 19.2. The fraction of sp³-hybridized carbons (Fsp3) is 0.143. The van der Waals surface area contributed by atoms with Crippen molar-refractivity contribution in [1.29, 1.82) is 5.26 Å². The number of carbonyl (C=O) groups excluding carboxylic acids is 1. The quantitative estimate of drug-likeness (QED) is 0.236. The molecule has 176 valence electrons. The first-order valence-electron chi connectivity index (χ1n) is 11.1. The number of fused-ring (bicyclic) bond motifs is 1. The summed E-state index contributed by atoms with van der Waals surface area (Å²) in [7, 11) is 1.54. The molecule has 0 aliphatic rings. The summed E-state index contributed by atoms with van der Waals surface area (Å²) in [5.74, 6) is 0.639. The normalized spacial score (nSPS) is 11.2. The lowest BCUT2D eigenvalue weighted by atomic mass is 10.1. The van der Waals surface area contributed by atoms with Gasteiger partial charge in [-0.05, 0) is 59.5 Å². The average molecular weight is 486 g/mol. The SMILES string of the molecule is COc1cc(C=C(C#N)C(=O)NCCc2c[nH]c3ccccc23)ccc1OCc1ccc(Cl)cc1. The number of amides is 1. The van der Waals surface area contributed by atoms with Gasteiger partial charge in [0.2, 0.25) is 0 Å². The van der Waals surface area contributed by atoms with E-state index in [0.29, 0.717) is 41.7 Å². The molecule has 3 aromatic carbocycles. The Hall–Kier alpha value is -4.21. The maximum absolute atomic E-state index is 12.6. The number of nitrogens with zero attached hydrogens (tertiary/aromatic N) is 1. The molecule has 0 spiro atoms. The molecule has 0 unspecified atom stereocenters. The van der Waals surface area contributed by atoms with Crippen LogP contribution in [0.15, 0.2) is 78.5 Å². The number of aromatic nitrogens is 1. The van der Waals surface area contributed by atoms with Crippen LogP contribution in [0.5, 0.6) is 11.5 Å². The molecule has 0 fully saturated rings. The Labute approximate surface area is 208 Å². The smallest absolute Gasteiger partial charge is 0.261 e. The number of rotatable bonds is 9. The number of aromatic amines is 1. The molecular weight excluding hydrogens is 462 g/mol. The molecule has 6 nitrogen and oxygen atoms in total. The number of nitriles is 1. The maximum atomic E-state index is 12.6. The average Bonchev–Trinajstić information content (AvgIpc) is 3.30. The zero-order chi connectivity index (χ0) is 24.6. The number of nitrogens with one attached hydrogen (secondary N) is 2. The Kier molecular flexibility index (Phi) is 7.71. The lowest BCUT2D eigenvalue weighted by Gasteiger charge is -2.12. The van der Waals surface area contributed by atoms with Crippen LogP contribution >= 0.6 is 11.6 Å². The first-order chi connectivity index (χ1) is 17.1. The van der Waals surface area contributed by atoms with Gasteiger partial charge in [0.25, 0.3) is 5.91 Å². The second-order valence-corrected chi connectivity index (χ2v) is 8.30. The van der Waals surface area contributed by atoms with Crippen molar-refractivity contribution >= 4 is 34.5 Å². The van der Waals surface area contributed by atoms with E-state index in [1.165, 1.54) is 6.08 Å². The molecule has 0 saturated carbocycles. The van der Waals surface area contributed by atoms with Crippen LogP contribution in [-0.2, 0) is 17.8 Å². The van der Waals surface area contributed by atoms with Gasteiger partial charge < -0.3 is 19.8 Å². The Morgan fingerprint density at radius 2 is 1.91 bits per heavy atom. The summed E-state index contributed by atoms with van der Waals surface area (Å²) >= 11 is 5.92.